The van der Waals surface area contributed by atoms with Crippen LogP contribution in [-0.2, 0) is 3.74 Å². The molecule has 0 amide bonds. The van der Waals surface area contributed by atoms with Gasteiger partial charge in [0.2, 0.25) is 0 Å². The Labute approximate surface area is 86.6 Å². The molecule has 5 N–H and O–H groups in total. The summed E-state index contributed by atoms with van der Waals surface area (Å²) in [7, 11) is 0. The van der Waals surface area contributed by atoms with Gasteiger partial charge in [-0.25, -0.2) is 0 Å². The average Bonchev–Trinajstić information content (AvgIpc) is 1.84. The van der Waals surface area contributed by atoms with E-state index in [1.54, 1.807) is 0 Å². The number of allylic oxidation sites excluding steroid dienone is 1. The summed E-state index contributed by atoms with van der Waals surface area (Å²) in [6.07, 6.45) is 3.47. The van der Waals surface area contributed by atoms with Crippen LogP contribution in [-0.4, -0.2) is 18.3 Å². The second kappa shape index (κ2) is 7.65. The topological polar surface area (TPSA) is 96.9 Å². The summed E-state index contributed by atoms with van der Waals surface area (Å²) in [6.45, 7) is 2.05. The Hall–Kier alpha value is 0.268. The zero-order valence-electron chi connectivity index (χ0n) is 7.99. The molecular weight excluding hydrogens is 256 g/mol. The van der Waals surface area contributed by atoms with Crippen LogP contribution in [0.25, 0.3) is 0 Å². The van der Waals surface area contributed by atoms with Gasteiger partial charge in [0.25, 0.3) is 0 Å². The van der Waals surface area contributed by atoms with E-state index in [0.717, 1.165) is 24.1 Å². The monoisotopic (exact) mass is 273 g/mol. The van der Waals surface area contributed by atoms with Crippen molar-refractivity contribution in [2.75, 3.05) is 0 Å². The van der Waals surface area contributed by atoms with Crippen molar-refractivity contribution in [3.63, 3.8) is 0 Å². The van der Waals surface area contributed by atoms with Crippen LogP contribution in [0, 0.1) is 0 Å². The van der Waals surface area contributed by atoms with Crippen molar-refractivity contribution in [3.8, 4) is 0 Å². The van der Waals surface area contributed by atoms with Crippen molar-refractivity contribution in [3.05, 3.63) is 9.90 Å². The summed E-state index contributed by atoms with van der Waals surface area (Å²) in [5.74, 6) is 0. The molecule has 0 saturated carbocycles. The van der Waals surface area contributed by atoms with Crippen LogP contribution < -0.4 is 10.2 Å². The Balaban J connectivity index is 0. The molecule has 0 spiro atoms. The largest absolute Gasteiger partial charge is 0.369 e. The van der Waals surface area contributed by atoms with Crippen LogP contribution in [0.5, 0.6) is 0 Å². The fourth-order valence-electron chi connectivity index (χ4n) is 0.785. The predicted molar refractivity (Wildman–Crippen MR) is 52.7 cm³/mol. The minimum absolute atomic E-state index is 0. The first-order chi connectivity index (χ1) is 5.45. The van der Waals surface area contributed by atoms with Crippen LogP contribution in [0.1, 0.15) is 32.6 Å². The molecule has 0 aromatic rings. The van der Waals surface area contributed by atoms with E-state index in [0.29, 0.717) is 6.42 Å². The molecule has 0 rings (SSSR count). The van der Waals surface area contributed by atoms with Crippen molar-refractivity contribution in [2.24, 2.45) is 0 Å². The molecule has 0 fully saturated rings. The third-order valence-electron chi connectivity index (χ3n) is 1.32. The minimum Gasteiger partial charge on any atom is -0.369 e. The van der Waals surface area contributed by atoms with Crippen molar-refractivity contribution < 1.29 is 11.9 Å². The second-order valence-electron chi connectivity index (χ2n) is 2.60. The van der Waals surface area contributed by atoms with Crippen molar-refractivity contribution in [1.29, 1.82) is 0 Å². The number of hydrogen-bond donors (Lipinski definition) is 2. The quantitative estimate of drug-likeness (QED) is 0.584. The van der Waals surface area contributed by atoms with E-state index in [2.05, 4.69) is 0 Å². The number of unbranched alkanes of at least 4 members (excludes halogenated alkanes) is 2. The third-order valence-corrected chi connectivity index (χ3v) is 3.29. The standard InChI is InChI=1S/C7H14AsClO3.H3N/c1-2-3-4-5-7(9)6-8(10,11)12;/h6H,2-5H2,1H3,(H2,10,11,12);1H3/b7-6-;. The van der Waals surface area contributed by atoms with E-state index in [9.17, 15) is 7.84 Å². The molecule has 0 aliphatic rings. The van der Waals surface area contributed by atoms with Gasteiger partial charge in [-0.1, -0.05) is 0 Å². The zero-order chi connectivity index (χ0) is 9.61. The molecule has 6 heteroatoms. The van der Waals surface area contributed by atoms with Gasteiger partial charge in [0.15, 0.2) is 0 Å². The molecule has 0 heterocycles. The maximum atomic E-state index is 10.4. The molecule has 13 heavy (non-hydrogen) atoms. The fraction of sp³-hybridized carbons (Fsp3) is 0.714. The molecule has 1 unspecified atom stereocenters. The molecular formula is C7H17AsClNO3. The van der Waals surface area contributed by atoms with E-state index in [4.69, 9.17) is 15.7 Å². The Bertz CT molecular complexity index is 202. The fourth-order valence-corrected chi connectivity index (χ4v) is 2.57. The van der Waals surface area contributed by atoms with Gasteiger partial charge in [-0.3, -0.25) is 0 Å². The molecule has 80 valence electrons. The first kappa shape index (κ1) is 15.7. The van der Waals surface area contributed by atoms with Gasteiger partial charge < -0.3 is 6.15 Å². The molecule has 0 aliphatic carbocycles. The van der Waals surface area contributed by atoms with Crippen LogP contribution in [0.2, 0.25) is 0 Å². The Morgan fingerprint density at radius 3 is 2.54 bits per heavy atom. The third kappa shape index (κ3) is 12.3. The number of halogens is 1. The Morgan fingerprint density at radius 2 is 2.15 bits per heavy atom. The first-order valence-electron chi connectivity index (χ1n) is 3.86. The van der Waals surface area contributed by atoms with Gasteiger partial charge in [-0.15, -0.1) is 0 Å². The van der Waals surface area contributed by atoms with E-state index in [-0.39, 0.29) is 11.2 Å². The average molecular weight is 274 g/mol. The molecule has 0 radical (unpaired) electrons. The smallest absolute Gasteiger partial charge is 0.369 e. The van der Waals surface area contributed by atoms with Crippen molar-refractivity contribution in [1.82, 2.24) is 6.15 Å². The summed E-state index contributed by atoms with van der Waals surface area (Å²) in [6, 6.07) is 0. The van der Waals surface area contributed by atoms with Crippen LogP contribution in [0.15, 0.2) is 9.90 Å². The summed E-state index contributed by atoms with van der Waals surface area (Å²) < 4.78 is 29.2. The van der Waals surface area contributed by atoms with Crippen LogP contribution in [0.3, 0.4) is 0 Å². The summed E-state index contributed by atoms with van der Waals surface area (Å²) in [4.78, 5) is 0.773. The Kier molecular flexibility index (Phi) is 9.26. The minimum atomic E-state index is -4.88. The molecule has 0 aromatic carbocycles. The van der Waals surface area contributed by atoms with Crippen molar-refractivity contribution >= 4 is 25.8 Å². The van der Waals surface area contributed by atoms with E-state index in [1.165, 1.54) is 0 Å². The maximum absolute atomic E-state index is 10.4. The first-order valence-corrected chi connectivity index (χ1v) is 7.69. The molecule has 0 saturated heterocycles. The number of hydrogen-bond acceptors (Lipinski definition) is 2. The molecule has 0 aliphatic heterocycles. The van der Waals surface area contributed by atoms with Gasteiger partial charge >= 0.3 is 80.2 Å². The molecule has 1 atom stereocenters. The predicted octanol–water partition coefficient (Wildman–Crippen LogP) is 1.33. The molecule has 0 bridgehead atoms. The maximum Gasteiger partial charge on any atom is -0.369 e. The normalized spacial score (nSPS) is 16.2. The molecule has 4 nitrogen and oxygen atoms in total. The van der Waals surface area contributed by atoms with Gasteiger partial charge in [-0.2, -0.15) is 0 Å². The van der Waals surface area contributed by atoms with Crippen molar-refractivity contribution in [2.45, 2.75) is 32.6 Å². The van der Waals surface area contributed by atoms with Gasteiger partial charge in [0.1, 0.15) is 0 Å². The van der Waals surface area contributed by atoms with Gasteiger partial charge in [0.05, 0.1) is 0 Å². The van der Waals surface area contributed by atoms with Gasteiger partial charge in [-0.05, 0) is 0 Å². The Morgan fingerprint density at radius 1 is 1.62 bits per heavy atom. The summed E-state index contributed by atoms with van der Waals surface area (Å²) in [5, 5.41) is 0.225. The SMILES string of the molecule is CCCCC/C(Cl)=C/[As](=O)([O-])O.[NH4+]. The van der Waals surface area contributed by atoms with E-state index in [1.807, 2.05) is 6.92 Å². The van der Waals surface area contributed by atoms with E-state index >= 15 is 0 Å². The van der Waals surface area contributed by atoms with Crippen LogP contribution >= 0.6 is 11.6 Å². The number of rotatable bonds is 5. The van der Waals surface area contributed by atoms with Crippen LogP contribution in [0.4, 0.5) is 0 Å². The summed E-state index contributed by atoms with van der Waals surface area (Å²) >= 11 is 0.662. The van der Waals surface area contributed by atoms with Gasteiger partial charge in [0, 0.05) is 0 Å². The zero-order valence-corrected chi connectivity index (χ0v) is 10.6. The van der Waals surface area contributed by atoms with E-state index < -0.39 is 14.2 Å². The summed E-state index contributed by atoms with van der Waals surface area (Å²) in [5.41, 5.74) is 0. The molecule has 0 aromatic heterocycles. The number of quaternary nitrogens is 1. The second-order valence-corrected chi connectivity index (χ2v) is 5.99.